The molecule has 1 N–H and O–H groups in total. The monoisotopic (exact) mass is 260 g/mol. The number of carbonyl (C=O) groups is 1. The zero-order valence-electron chi connectivity index (χ0n) is 11.1. The van der Waals surface area contributed by atoms with Crippen LogP contribution in [-0.2, 0) is 16.0 Å². The molecule has 0 radical (unpaired) electrons. The maximum Gasteiger partial charge on any atom is 0.225 e. The molecule has 1 saturated heterocycles. The fourth-order valence-electron chi connectivity index (χ4n) is 2.85. The average molecular weight is 260 g/mol. The minimum Gasteiger partial charge on any atom is -0.373 e. The molecule has 0 bridgehead atoms. The highest BCUT2D eigenvalue weighted by Crippen LogP contribution is 2.29. The van der Waals surface area contributed by atoms with Crippen molar-refractivity contribution < 1.29 is 9.53 Å². The standard InChI is InChI=1S/C15H20N2O2/c18-15(17-8-6-16-7-9-17)11-14-13-4-2-1-3-12(13)5-10-19-14/h1-4,14,16H,5-11H2. The lowest BCUT2D eigenvalue weighted by Gasteiger charge is -2.31. The van der Waals surface area contributed by atoms with E-state index < -0.39 is 0 Å². The number of benzene rings is 1. The van der Waals surface area contributed by atoms with Crippen LogP contribution in [0.5, 0.6) is 0 Å². The summed E-state index contributed by atoms with van der Waals surface area (Å²) >= 11 is 0. The Labute approximate surface area is 113 Å². The van der Waals surface area contributed by atoms with Crippen LogP contribution >= 0.6 is 0 Å². The van der Waals surface area contributed by atoms with E-state index in [-0.39, 0.29) is 12.0 Å². The molecule has 1 aromatic rings. The fraction of sp³-hybridized carbons (Fsp3) is 0.533. The van der Waals surface area contributed by atoms with Gasteiger partial charge in [-0.3, -0.25) is 4.79 Å². The van der Waals surface area contributed by atoms with Crippen LogP contribution in [0.4, 0.5) is 0 Å². The Balaban J connectivity index is 1.68. The van der Waals surface area contributed by atoms with Gasteiger partial charge in [0.15, 0.2) is 0 Å². The van der Waals surface area contributed by atoms with Gasteiger partial charge in [-0.15, -0.1) is 0 Å². The molecule has 1 fully saturated rings. The van der Waals surface area contributed by atoms with Crippen molar-refractivity contribution in [3.05, 3.63) is 35.4 Å². The highest BCUT2D eigenvalue weighted by molar-refractivity contribution is 5.77. The summed E-state index contributed by atoms with van der Waals surface area (Å²) in [6.07, 6.45) is 1.36. The number of nitrogens with one attached hydrogen (secondary N) is 1. The topological polar surface area (TPSA) is 41.6 Å². The van der Waals surface area contributed by atoms with Gasteiger partial charge in [0.05, 0.1) is 19.1 Å². The van der Waals surface area contributed by atoms with Crippen LogP contribution in [0.3, 0.4) is 0 Å². The summed E-state index contributed by atoms with van der Waals surface area (Å²) in [5.74, 6) is 0.211. The van der Waals surface area contributed by atoms with Crippen LogP contribution in [0.15, 0.2) is 24.3 Å². The molecule has 4 nitrogen and oxygen atoms in total. The first-order valence-electron chi connectivity index (χ1n) is 7.02. The zero-order valence-corrected chi connectivity index (χ0v) is 11.1. The minimum atomic E-state index is -0.0627. The van der Waals surface area contributed by atoms with Crippen molar-refractivity contribution in [1.82, 2.24) is 10.2 Å². The Kier molecular flexibility index (Phi) is 3.80. The van der Waals surface area contributed by atoms with Gasteiger partial charge in [-0.05, 0) is 17.5 Å². The number of rotatable bonds is 2. The predicted molar refractivity (Wildman–Crippen MR) is 72.9 cm³/mol. The lowest BCUT2D eigenvalue weighted by Crippen LogP contribution is -2.46. The van der Waals surface area contributed by atoms with Crippen molar-refractivity contribution in [2.45, 2.75) is 18.9 Å². The number of piperazine rings is 1. The third-order valence-corrected chi connectivity index (χ3v) is 3.92. The number of hydrogen-bond acceptors (Lipinski definition) is 3. The van der Waals surface area contributed by atoms with Crippen LogP contribution < -0.4 is 5.32 Å². The Morgan fingerprint density at radius 2 is 2.11 bits per heavy atom. The number of amides is 1. The van der Waals surface area contributed by atoms with Gasteiger partial charge in [0.1, 0.15) is 0 Å². The molecule has 1 atom stereocenters. The molecule has 0 aliphatic carbocycles. The number of nitrogens with zero attached hydrogens (tertiary/aromatic N) is 1. The van der Waals surface area contributed by atoms with E-state index in [1.807, 2.05) is 11.0 Å². The van der Waals surface area contributed by atoms with Gasteiger partial charge in [0.25, 0.3) is 0 Å². The summed E-state index contributed by atoms with van der Waals surface area (Å²) in [6, 6.07) is 8.31. The van der Waals surface area contributed by atoms with Gasteiger partial charge in [-0.1, -0.05) is 24.3 Å². The van der Waals surface area contributed by atoms with Crippen molar-refractivity contribution in [1.29, 1.82) is 0 Å². The molecular weight excluding hydrogens is 240 g/mol. The lowest BCUT2D eigenvalue weighted by molar-refractivity contribution is -0.135. The summed E-state index contributed by atoms with van der Waals surface area (Å²) in [5, 5.41) is 3.26. The Morgan fingerprint density at radius 3 is 2.95 bits per heavy atom. The highest BCUT2D eigenvalue weighted by Gasteiger charge is 2.25. The summed E-state index contributed by atoms with van der Waals surface area (Å²) in [7, 11) is 0. The second-order valence-corrected chi connectivity index (χ2v) is 5.14. The van der Waals surface area contributed by atoms with Crippen LogP contribution in [0.1, 0.15) is 23.7 Å². The number of hydrogen-bond donors (Lipinski definition) is 1. The van der Waals surface area contributed by atoms with E-state index in [9.17, 15) is 4.79 Å². The molecule has 0 saturated carbocycles. The van der Waals surface area contributed by atoms with Gasteiger partial charge in [0.2, 0.25) is 5.91 Å². The number of ether oxygens (including phenoxy) is 1. The first-order chi connectivity index (χ1) is 9.34. The smallest absolute Gasteiger partial charge is 0.225 e. The van der Waals surface area contributed by atoms with Crippen LogP contribution in [-0.4, -0.2) is 43.6 Å². The fourth-order valence-corrected chi connectivity index (χ4v) is 2.85. The van der Waals surface area contributed by atoms with E-state index in [1.165, 1.54) is 11.1 Å². The van der Waals surface area contributed by atoms with E-state index in [0.717, 1.165) is 39.2 Å². The van der Waals surface area contributed by atoms with Gasteiger partial charge < -0.3 is 15.0 Å². The minimum absolute atomic E-state index is 0.0627. The molecule has 3 rings (SSSR count). The molecule has 19 heavy (non-hydrogen) atoms. The van der Waals surface area contributed by atoms with Gasteiger partial charge in [-0.25, -0.2) is 0 Å². The summed E-state index contributed by atoms with van der Waals surface area (Å²) in [6.45, 7) is 4.14. The van der Waals surface area contributed by atoms with E-state index in [4.69, 9.17) is 4.74 Å². The third kappa shape index (κ3) is 2.80. The molecule has 1 unspecified atom stereocenters. The Bertz CT molecular complexity index is 455. The SMILES string of the molecule is O=C(CC1OCCc2ccccc21)N1CCNCC1. The largest absolute Gasteiger partial charge is 0.373 e. The number of carbonyl (C=O) groups excluding carboxylic acids is 1. The van der Waals surface area contributed by atoms with Crippen LogP contribution in [0, 0.1) is 0 Å². The maximum absolute atomic E-state index is 12.3. The zero-order chi connectivity index (χ0) is 13.1. The van der Waals surface area contributed by atoms with Crippen molar-refractivity contribution in [2.75, 3.05) is 32.8 Å². The molecule has 0 spiro atoms. The van der Waals surface area contributed by atoms with Gasteiger partial charge in [0, 0.05) is 26.2 Å². The Hall–Kier alpha value is -1.39. The molecule has 102 valence electrons. The normalized spacial score (nSPS) is 22.9. The predicted octanol–water partition coefficient (Wildman–Crippen LogP) is 1.12. The molecule has 2 aliphatic rings. The average Bonchev–Trinajstić information content (AvgIpc) is 2.48. The maximum atomic E-state index is 12.3. The molecule has 2 heterocycles. The Morgan fingerprint density at radius 1 is 1.32 bits per heavy atom. The summed E-state index contributed by atoms with van der Waals surface area (Å²) in [4.78, 5) is 14.2. The quantitative estimate of drug-likeness (QED) is 0.866. The van der Waals surface area contributed by atoms with Crippen LogP contribution in [0.25, 0.3) is 0 Å². The third-order valence-electron chi connectivity index (χ3n) is 3.92. The van der Waals surface area contributed by atoms with E-state index in [0.29, 0.717) is 6.42 Å². The van der Waals surface area contributed by atoms with Crippen molar-refractivity contribution in [3.8, 4) is 0 Å². The lowest BCUT2D eigenvalue weighted by atomic mass is 9.95. The molecule has 1 amide bonds. The number of fused-ring (bicyclic) bond motifs is 1. The first kappa shape index (κ1) is 12.6. The van der Waals surface area contributed by atoms with Crippen molar-refractivity contribution in [2.24, 2.45) is 0 Å². The van der Waals surface area contributed by atoms with Gasteiger partial charge in [-0.2, -0.15) is 0 Å². The second kappa shape index (κ2) is 5.72. The summed E-state index contributed by atoms with van der Waals surface area (Å²) in [5.41, 5.74) is 2.52. The van der Waals surface area contributed by atoms with Crippen molar-refractivity contribution in [3.63, 3.8) is 0 Å². The highest BCUT2D eigenvalue weighted by atomic mass is 16.5. The van der Waals surface area contributed by atoms with Gasteiger partial charge >= 0.3 is 0 Å². The van der Waals surface area contributed by atoms with Crippen molar-refractivity contribution >= 4 is 5.91 Å². The van der Waals surface area contributed by atoms with E-state index >= 15 is 0 Å². The van der Waals surface area contributed by atoms with E-state index in [2.05, 4.69) is 23.5 Å². The molecule has 4 heteroatoms. The molecule has 1 aromatic carbocycles. The first-order valence-corrected chi connectivity index (χ1v) is 7.02. The summed E-state index contributed by atoms with van der Waals surface area (Å²) < 4.78 is 5.80. The van der Waals surface area contributed by atoms with Crippen LogP contribution in [0.2, 0.25) is 0 Å². The molecule has 0 aromatic heterocycles. The van der Waals surface area contributed by atoms with E-state index in [1.54, 1.807) is 0 Å². The second-order valence-electron chi connectivity index (χ2n) is 5.14. The molecular formula is C15H20N2O2. The molecule has 2 aliphatic heterocycles.